The number of hydrogen-bond donors (Lipinski definition) is 0. The van der Waals surface area contributed by atoms with Crippen LogP contribution in [-0.4, -0.2) is 24.7 Å². The van der Waals surface area contributed by atoms with Crippen molar-refractivity contribution < 1.29 is 28.6 Å². The number of hydrogen-bond acceptors (Lipinski definition) is 6. The van der Waals surface area contributed by atoms with Crippen LogP contribution in [0.1, 0.15) is 24.2 Å². The Kier molecular flexibility index (Phi) is 5.46. The summed E-state index contributed by atoms with van der Waals surface area (Å²) in [6.45, 7) is 5.71. The molecule has 0 amide bonds. The lowest BCUT2D eigenvalue weighted by Gasteiger charge is -2.06. The molecule has 0 aromatic heterocycles. The maximum absolute atomic E-state index is 11.3. The summed E-state index contributed by atoms with van der Waals surface area (Å²) in [5, 5.41) is 0. The average molecular weight is 278 g/mol. The van der Waals surface area contributed by atoms with Crippen LogP contribution in [0.4, 0.5) is 4.79 Å². The number of ether oxygens (including phenoxy) is 3. The number of carbonyl (C=O) groups excluding carboxylic acids is 3. The molecule has 1 aromatic rings. The van der Waals surface area contributed by atoms with Crippen LogP contribution < -0.4 is 4.74 Å². The summed E-state index contributed by atoms with van der Waals surface area (Å²) < 4.78 is 13.9. The Balaban J connectivity index is 2.40. The number of esters is 1. The quantitative estimate of drug-likeness (QED) is 0.271. The zero-order chi connectivity index (χ0) is 15.1. The van der Waals surface area contributed by atoms with Crippen LogP contribution in [0, 0.1) is 0 Å². The molecule has 0 heterocycles. The van der Waals surface area contributed by atoms with Gasteiger partial charge in [0.05, 0.1) is 0 Å². The lowest BCUT2D eigenvalue weighted by Crippen LogP contribution is -2.16. The highest BCUT2D eigenvalue weighted by Gasteiger charge is 2.09. The topological polar surface area (TPSA) is 78.9 Å². The van der Waals surface area contributed by atoms with Gasteiger partial charge in [-0.1, -0.05) is 6.58 Å². The van der Waals surface area contributed by atoms with Gasteiger partial charge in [-0.15, -0.1) is 0 Å². The molecule has 0 atom stereocenters. The van der Waals surface area contributed by atoms with Crippen molar-refractivity contribution in [3.8, 4) is 5.75 Å². The fourth-order valence-corrected chi connectivity index (χ4v) is 1.14. The maximum atomic E-state index is 11.3. The fourth-order valence-electron chi connectivity index (χ4n) is 1.14. The van der Waals surface area contributed by atoms with Gasteiger partial charge in [0, 0.05) is 11.1 Å². The van der Waals surface area contributed by atoms with Crippen LogP contribution in [0.25, 0.3) is 0 Å². The van der Waals surface area contributed by atoms with Gasteiger partial charge >= 0.3 is 12.1 Å². The highest BCUT2D eigenvalue weighted by molar-refractivity contribution is 5.94. The Bertz CT molecular complexity index is 529. The van der Waals surface area contributed by atoms with E-state index in [4.69, 9.17) is 4.74 Å². The first-order chi connectivity index (χ1) is 9.40. The largest absolute Gasteiger partial charge is 0.516 e. The molecule has 20 heavy (non-hydrogen) atoms. The van der Waals surface area contributed by atoms with E-state index in [1.807, 2.05) is 0 Å². The van der Waals surface area contributed by atoms with Gasteiger partial charge in [0.2, 0.25) is 6.79 Å². The molecule has 0 aliphatic heterocycles. The molecule has 0 saturated carbocycles. The summed E-state index contributed by atoms with van der Waals surface area (Å²) in [7, 11) is 0. The third-order valence-electron chi connectivity index (χ3n) is 2.18. The maximum Gasteiger partial charge on any atom is 0.516 e. The third kappa shape index (κ3) is 4.93. The number of carbonyl (C=O) groups is 3. The Hall–Kier alpha value is -2.63. The van der Waals surface area contributed by atoms with E-state index in [1.54, 1.807) is 0 Å². The standard InChI is InChI=1S/C14H14O6/c1-9(2)13(16)18-8-19-14(17)20-12-6-4-11(5-7-12)10(3)15/h4-7H,1,8H2,2-3H3. The van der Waals surface area contributed by atoms with Gasteiger partial charge in [-0.2, -0.15) is 0 Å². The highest BCUT2D eigenvalue weighted by Crippen LogP contribution is 2.13. The smallest absolute Gasteiger partial charge is 0.424 e. The van der Waals surface area contributed by atoms with Crippen LogP contribution in [0.15, 0.2) is 36.4 Å². The van der Waals surface area contributed by atoms with Crippen molar-refractivity contribution in [2.45, 2.75) is 13.8 Å². The van der Waals surface area contributed by atoms with Gasteiger partial charge in [0.15, 0.2) is 5.78 Å². The number of benzene rings is 1. The van der Waals surface area contributed by atoms with E-state index < -0.39 is 18.9 Å². The van der Waals surface area contributed by atoms with Gasteiger partial charge in [-0.05, 0) is 38.1 Å². The van der Waals surface area contributed by atoms with E-state index in [1.165, 1.54) is 38.1 Å². The van der Waals surface area contributed by atoms with E-state index in [2.05, 4.69) is 16.1 Å². The second-order valence-corrected chi connectivity index (χ2v) is 3.91. The Morgan fingerprint density at radius 3 is 2.15 bits per heavy atom. The van der Waals surface area contributed by atoms with Crippen molar-refractivity contribution in [1.29, 1.82) is 0 Å². The summed E-state index contributed by atoms with van der Waals surface area (Å²) in [6.07, 6.45) is -1.02. The van der Waals surface area contributed by atoms with Crippen LogP contribution in [0.5, 0.6) is 5.75 Å². The summed E-state index contributed by atoms with van der Waals surface area (Å²) in [5.74, 6) is -0.541. The van der Waals surface area contributed by atoms with Gasteiger partial charge in [0.25, 0.3) is 0 Å². The Labute approximate surface area is 115 Å². The molecule has 106 valence electrons. The molecule has 0 saturated heterocycles. The molecule has 0 bridgehead atoms. The number of ketones is 1. The summed E-state index contributed by atoms with van der Waals surface area (Å²) in [5.41, 5.74) is 0.697. The molecule has 0 spiro atoms. The molecule has 0 unspecified atom stereocenters. The second kappa shape index (κ2) is 7.08. The molecular formula is C14H14O6. The van der Waals surface area contributed by atoms with Crippen LogP contribution in [0.3, 0.4) is 0 Å². The summed E-state index contributed by atoms with van der Waals surface area (Å²) in [4.78, 5) is 33.3. The number of rotatable bonds is 5. The SMILES string of the molecule is C=C(C)C(=O)OCOC(=O)Oc1ccc(C(C)=O)cc1. The minimum atomic E-state index is -1.02. The predicted molar refractivity (Wildman–Crippen MR) is 69.3 cm³/mol. The van der Waals surface area contributed by atoms with Gasteiger partial charge < -0.3 is 14.2 Å². The number of Topliss-reactive ketones (excluding diaryl/α,β-unsaturated/α-hetero) is 1. The van der Waals surface area contributed by atoms with Crippen LogP contribution in [0.2, 0.25) is 0 Å². The minimum absolute atomic E-state index is 0.0918. The minimum Gasteiger partial charge on any atom is -0.424 e. The van der Waals surface area contributed by atoms with Crippen molar-refractivity contribution in [3.05, 3.63) is 42.0 Å². The zero-order valence-electron chi connectivity index (χ0n) is 11.2. The van der Waals surface area contributed by atoms with E-state index in [0.717, 1.165) is 0 Å². The highest BCUT2D eigenvalue weighted by atomic mass is 16.8. The molecule has 6 heteroatoms. The molecular weight excluding hydrogens is 264 g/mol. The van der Waals surface area contributed by atoms with E-state index in [0.29, 0.717) is 5.56 Å². The van der Waals surface area contributed by atoms with E-state index >= 15 is 0 Å². The van der Waals surface area contributed by atoms with Crippen LogP contribution >= 0.6 is 0 Å². The van der Waals surface area contributed by atoms with Gasteiger partial charge in [-0.25, -0.2) is 9.59 Å². The Morgan fingerprint density at radius 2 is 1.65 bits per heavy atom. The van der Waals surface area contributed by atoms with Crippen molar-refractivity contribution in [3.63, 3.8) is 0 Å². The predicted octanol–water partition coefficient (Wildman–Crippen LogP) is 2.48. The van der Waals surface area contributed by atoms with Gasteiger partial charge in [-0.3, -0.25) is 4.79 Å². The molecule has 0 radical (unpaired) electrons. The van der Waals surface area contributed by atoms with E-state index in [-0.39, 0.29) is 17.1 Å². The molecule has 0 aliphatic carbocycles. The first kappa shape index (κ1) is 15.4. The monoisotopic (exact) mass is 278 g/mol. The van der Waals surface area contributed by atoms with Gasteiger partial charge in [0.1, 0.15) is 5.75 Å². The van der Waals surface area contributed by atoms with Crippen molar-refractivity contribution in [2.24, 2.45) is 0 Å². The summed E-state index contributed by atoms with van der Waals surface area (Å²) in [6, 6.07) is 5.95. The molecule has 1 rings (SSSR count). The first-order valence-corrected chi connectivity index (χ1v) is 5.68. The zero-order valence-corrected chi connectivity index (χ0v) is 11.2. The Morgan fingerprint density at radius 1 is 1.05 bits per heavy atom. The summed E-state index contributed by atoms with van der Waals surface area (Å²) >= 11 is 0. The lowest BCUT2D eigenvalue weighted by atomic mass is 10.1. The normalized spacial score (nSPS) is 9.50. The molecule has 0 fully saturated rings. The molecule has 6 nitrogen and oxygen atoms in total. The second-order valence-electron chi connectivity index (χ2n) is 3.91. The van der Waals surface area contributed by atoms with E-state index in [9.17, 15) is 14.4 Å². The molecule has 1 aromatic carbocycles. The lowest BCUT2D eigenvalue weighted by molar-refractivity contribution is -0.147. The average Bonchev–Trinajstić information content (AvgIpc) is 2.39. The van der Waals surface area contributed by atoms with Crippen molar-refractivity contribution in [1.82, 2.24) is 0 Å². The fraction of sp³-hybridized carbons (Fsp3) is 0.214. The van der Waals surface area contributed by atoms with Crippen molar-refractivity contribution in [2.75, 3.05) is 6.79 Å². The van der Waals surface area contributed by atoms with Crippen LogP contribution in [-0.2, 0) is 14.3 Å². The third-order valence-corrected chi connectivity index (χ3v) is 2.18. The molecule has 0 N–H and O–H groups in total. The van der Waals surface area contributed by atoms with Crippen molar-refractivity contribution >= 4 is 17.9 Å². The molecule has 0 aliphatic rings. The first-order valence-electron chi connectivity index (χ1n) is 5.68.